The maximum Gasteiger partial charge on any atom is 0.0991 e. The number of rotatable bonds is 2. The molecule has 0 saturated heterocycles. The molecule has 3 heteroatoms. The molecule has 1 aromatic carbocycles. The molecule has 0 amide bonds. The van der Waals surface area contributed by atoms with Crippen molar-refractivity contribution in [3.8, 4) is 6.07 Å². The first-order valence-electron chi connectivity index (χ1n) is 7.14. The van der Waals surface area contributed by atoms with E-state index in [2.05, 4.69) is 26.1 Å². The van der Waals surface area contributed by atoms with E-state index in [1.54, 1.807) is 0 Å². The van der Waals surface area contributed by atoms with Crippen LogP contribution in [0.4, 0.5) is 0 Å². The van der Waals surface area contributed by atoms with Gasteiger partial charge in [-0.1, -0.05) is 26.0 Å². The van der Waals surface area contributed by atoms with Gasteiger partial charge in [0, 0.05) is 11.6 Å². The molecule has 1 aliphatic carbocycles. The van der Waals surface area contributed by atoms with E-state index in [0.29, 0.717) is 5.56 Å². The van der Waals surface area contributed by atoms with Crippen molar-refractivity contribution < 1.29 is 0 Å². The molecule has 0 saturated carbocycles. The predicted molar refractivity (Wildman–Crippen MR) is 78.5 cm³/mol. The fourth-order valence-electron chi connectivity index (χ4n) is 3.01. The van der Waals surface area contributed by atoms with Crippen molar-refractivity contribution in [1.29, 1.82) is 5.26 Å². The zero-order valence-corrected chi connectivity index (χ0v) is 12.1. The Labute approximate surface area is 119 Å². The number of benzene rings is 1. The minimum Gasteiger partial charge on any atom is -0.268 e. The second-order valence-corrected chi connectivity index (χ2v) is 6.25. The van der Waals surface area contributed by atoms with E-state index in [1.807, 2.05) is 28.9 Å². The first kappa shape index (κ1) is 12.9. The molecule has 102 valence electrons. The molecule has 1 heterocycles. The Morgan fingerprint density at radius 2 is 2.05 bits per heavy atom. The minimum absolute atomic E-state index is 0.198. The Morgan fingerprint density at radius 3 is 2.70 bits per heavy atom. The summed E-state index contributed by atoms with van der Waals surface area (Å²) in [4.78, 5) is 0. The first-order valence-corrected chi connectivity index (χ1v) is 7.14. The van der Waals surface area contributed by atoms with Crippen LogP contribution in [0, 0.1) is 11.3 Å². The van der Waals surface area contributed by atoms with Crippen LogP contribution in [0.2, 0.25) is 0 Å². The lowest BCUT2D eigenvalue weighted by atomic mass is 9.77. The third-order valence-electron chi connectivity index (χ3n) is 4.15. The summed E-state index contributed by atoms with van der Waals surface area (Å²) in [5.41, 5.74) is 4.74. The summed E-state index contributed by atoms with van der Waals surface area (Å²) >= 11 is 0. The Morgan fingerprint density at radius 1 is 1.30 bits per heavy atom. The molecular formula is C17H19N3. The number of nitriles is 1. The standard InChI is InChI=1S/C17H19N3/c1-17(2)9-3-4-15-12-20(19-16(15)17)11-14-7-5-13(10-18)6-8-14/h5-8,12H,3-4,9,11H2,1-2H3. The molecule has 0 spiro atoms. The van der Waals surface area contributed by atoms with Gasteiger partial charge in [-0.25, -0.2) is 0 Å². The van der Waals surface area contributed by atoms with E-state index in [-0.39, 0.29) is 5.41 Å². The van der Waals surface area contributed by atoms with Gasteiger partial charge in [-0.15, -0.1) is 0 Å². The van der Waals surface area contributed by atoms with Gasteiger partial charge in [0.1, 0.15) is 0 Å². The fraction of sp³-hybridized carbons (Fsp3) is 0.412. The second-order valence-electron chi connectivity index (χ2n) is 6.25. The lowest BCUT2D eigenvalue weighted by Crippen LogP contribution is -2.23. The average Bonchev–Trinajstić information content (AvgIpc) is 2.84. The lowest BCUT2D eigenvalue weighted by Gasteiger charge is -2.27. The van der Waals surface area contributed by atoms with Crippen LogP contribution in [-0.2, 0) is 18.4 Å². The van der Waals surface area contributed by atoms with Crippen LogP contribution in [0.15, 0.2) is 30.5 Å². The van der Waals surface area contributed by atoms with Crippen molar-refractivity contribution in [2.45, 2.75) is 45.1 Å². The van der Waals surface area contributed by atoms with Gasteiger partial charge >= 0.3 is 0 Å². The molecule has 0 N–H and O–H groups in total. The smallest absolute Gasteiger partial charge is 0.0991 e. The molecule has 3 rings (SSSR count). The summed E-state index contributed by atoms with van der Waals surface area (Å²) in [5.74, 6) is 0. The summed E-state index contributed by atoms with van der Waals surface area (Å²) in [6.07, 6.45) is 5.80. The van der Waals surface area contributed by atoms with Crippen LogP contribution in [0.1, 0.15) is 49.1 Å². The molecule has 0 unspecified atom stereocenters. The van der Waals surface area contributed by atoms with Crippen LogP contribution in [0.3, 0.4) is 0 Å². The van der Waals surface area contributed by atoms with Crippen molar-refractivity contribution in [2.24, 2.45) is 0 Å². The van der Waals surface area contributed by atoms with E-state index < -0.39 is 0 Å². The van der Waals surface area contributed by atoms with Gasteiger partial charge in [-0.2, -0.15) is 10.4 Å². The van der Waals surface area contributed by atoms with E-state index in [1.165, 1.54) is 29.7 Å². The number of aryl methyl sites for hydroxylation is 1. The number of fused-ring (bicyclic) bond motifs is 1. The summed E-state index contributed by atoms with van der Waals surface area (Å²) < 4.78 is 2.04. The predicted octanol–water partition coefficient (Wildman–Crippen LogP) is 3.42. The number of aromatic nitrogens is 2. The third kappa shape index (κ3) is 2.34. The van der Waals surface area contributed by atoms with Crippen LogP contribution >= 0.6 is 0 Å². The van der Waals surface area contributed by atoms with Crippen LogP contribution in [0.5, 0.6) is 0 Å². The molecule has 0 fully saturated rings. The highest BCUT2D eigenvalue weighted by Crippen LogP contribution is 2.35. The Kier molecular flexibility index (Phi) is 3.10. The molecule has 0 atom stereocenters. The Hall–Kier alpha value is -2.08. The van der Waals surface area contributed by atoms with E-state index >= 15 is 0 Å². The summed E-state index contributed by atoms with van der Waals surface area (Å²) in [7, 11) is 0. The van der Waals surface area contributed by atoms with Crippen LogP contribution in [0.25, 0.3) is 0 Å². The van der Waals surface area contributed by atoms with Crippen LogP contribution in [-0.4, -0.2) is 9.78 Å². The van der Waals surface area contributed by atoms with Crippen molar-refractivity contribution in [3.05, 3.63) is 52.8 Å². The van der Waals surface area contributed by atoms with E-state index in [0.717, 1.165) is 13.0 Å². The van der Waals surface area contributed by atoms with Crippen LogP contribution < -0.4 is 0 Å². The Balaban J connectivity index is 1.85. The normalized spacial score (nSPS) is 16.4. The van der Waals surface area contributed by atoms with Gasteiger partial charge in [-0.3, -0.25) is 4.68 Å². The van der Waals surface area contributed by atoms with Crippen molar-refractivity contribution in [2.75, 3.05) is 0 Å². The zero-order valence-electron chi connectivity index (χ0n) is 12.1. The SMILES string of the molecule is CC1(C)CCCc2cn(Cc3ccc(C#N)cc3)nc21. The molecule has 0 bridgehead atoms. The van der Waals surface area contributed by atoms with Gasteiger partial charge in [-0.05, 0) is 42.5 Å². The molecule has 20 heavy (non-hydrogen) atoms. The summed E-state index contributed by atoms with van der Waals surface area (Å²) in [6, 6.07) is 9.88. The molecule has 2 aromatic rings. The maximum absolute atomic E-state index is 8.82. The zero-order chi connectivity index (χ0) is 14.2. The Bertz CT molecular complexity index is 657. The van der Waals surface area contributed by atoms with Gasteiger partial charge < -0.3 is 0 Å². The molecule has 1 aliphatic rings. The largest absolute Gasteiger partial charge is 0.268 e. The topological polar surface area (TPSA) is 41.6 Å². The third-order valence-corrected chi connectivity index (χ3v) is 4.15. The monoisotopic (exact) mass is 265 g/mol. The number of hydrogen-bond donors (Lipinski definition) is 0. The highest BCUT2D eigenvalue weighted by atomic mass is 15.3. The lowest BCUT2D eigenvalue weighted by molar-refractivity contribution is 0.416. The van der Waals surface area contributed by atoms with E-state index in [4.69, 9.17) is 10.4 Å². The quantitative estimate of drug-likeness (QED) is 0.835. The molecule has 0 radical (unpaired) electrons. The van der Waals surface area contributed by atoms with Gasteiger partial charge in [0.25, 0.3) is 0 Å². The average molecular weight is 265 g/mol. The highest BCUT2D eigenvalue weighted by Gasteiger charge is 2.30. The highest BCUT2D eigenvalue weighted by molar-refractivity contribution is 5.32. The maximum atomic E-state index is 8.82. The van der Waals surface area contributed by atoms with Gasteiger partial charge in [0.2, 0.25) is 0 Å². The summed E-state index contributed by atoms with van der Waals surface area (Å²) in [6.45, 7) is 5.34. The number of hydrogen-bond acceptors (Lipinski definition) is 2. The minimum atomic E-state index is 0.198. The fourth-order valence-corrected chi connectivity index (χ4v) is 3.01. The van der Waals surface area contributed by atoms with Crippen molar-refractivity contribution >= 4 is 0 Å². The molecular weight excluding hydrogens is 246 g/mol. The van der Waals surface area contributed by atoms with Gasteiger partial charge in [0.15, 0.2) is 0 Å². The molecule has 0 aliphatic heterocycles. The number of nitrogens with zero attached hydrogens (tertiary/aromatic N) is 3. The van der Waals surface area contributed by atoms with Gasteiger partial charge in [0.05, 0.1) is 23.9 Å². The second kappa shape index (κ2) is 4.79. The first-order chi connectivity index (χ1) is 9.58. The van der Waals surface area contributed by atoms with Crippen molar-refractivity contribution in [3.63, 3.8) is 0 Å². The molecule has 1 aromatic heterocycles. The summed E-state index contributed by atoms with van der Waals surface area (Å²) in [5, 5.41) is 13.6. The van der Waals surface area contributed by atoms with E-state index in [9.17, 15) is 0 Å². The van der Waals surface area contributed by atoms with Crippen molar-refractivity contribution in [1.82, 2.24) is 9.78 Å². The molecule has 3 nitrogen and oxygen atoms in total.